The van der Waals surface area contributed by atoms with Crippen LogP contribution in [0, 0.1) is 26.0 Å². The highest BCUT2D eigenvalue weighted by Gasteiger charge is 2.22. The highest BCUT2D eigenvalue weighted by Crippen LogP contribution is 2.26. The Hall–Kier alpha value is -4.18. The Bertz CT molecular complexity index is 1230. The van der Waals surface area contributed by atoms with E-state index in [1.807, 2.05) is 18.2 Å². The molecule has 33 heavy (non-hydrogen) atoms. The fraction of sp³-hybridized carbons (Fsp3) is 0.174. The lowest BCUT2D eigenvalue weighted by atomic mass is 10.1. The lowest BCUT2D eigenvalue weighted by Crippen LogP contribution is -2.23. The maximum atomic E-state index is 13.9. The molecule has 1 aliphatic rings. The van der Waals surface area contributed by atoms with Gasteiger partial charge >= 0.3 is 0 Å². The van der Waals surface area contributed by atoms with E-state index >= 15 is 0 Å². The molecule has 0 aliphatic carbocycles. The van der Waals surface area contributed by atoms with E-state index in [4.69, 9.17) is 0 Å². The Balaban J connectivity index is 1.42. The van der Waals surface area contributed by atoms with Crippen molar-refractivity contribution in [3.8, 4) is 0 Å². The van der Waals surface area contributed by atoms with Gasteiger partial charge in [0.05, 0.1) is 21.5 Å². The zero-order valence-electron chi connectivity index (χ0n) is 17.4. The van der Waals surface area contributed by atoms with Crippen molar-refractivity contribution in [3.05, 3.63) is 115 Å². The largest absolute Gasteiger partial charge is 0.348 e. The van der Waals surface area contributed by atoms with Crippen LogP contribution in [0.4, 0.5) is 15.8 Å². The first-order valence-corrected chi connectivity index (χ1v) is 10.1. The number of carbonyl (C=O) groups excluding carboxylic acids is 1. The van der Waals surface area contributed by atoms with Crippen LogP contribution in [0.5, 0.6) is 0 Å². The summed E-state index contributed by atoms with van der Waals surface area (Å²) < 4.78 is 13.9. The molecule has 168 valence electrons. The van der Waals surface area contributed by atoms with Gasteiger partial charge in [0.15, 0.2) is 0 Å². The van der Waals surface area contributed by atoms with Gasteiger partial charge in [-0.2, -0.15) is 0 Å². The highest BCUT2D eigenvalue weighted by atomic mass is 19.1. The Morgan fingerprint density at radius 1 is 0.939 bits per heavy atom. The molecule has 4 rings (SSSR count). The van der Waals surface area contributed by atoms with E-state index in [-0.39, 0.29) is 17.9 Å². The van der Waals surface area contributed by atoms with Crippen LogP contribution in [-0.4, -0.2) is 20.7 Å². The number of fused-ring (bicyclic) bond motifs is 1. The molecule has 0 saturated carbocycles. The molecule has 0 fully saturated rings. The molecule has 0 aromatic heterocycles. The van der Waals surface area contributed by atoms with Crippen molar-refractivity contribution >= 4 is 17.3 Å². The van der Waals surface area contributed by atoms with Gasteiger partial charge in [0, 0.05) is 43.9 Å². The topological polar surface area (TPSA) is 119 Å². The Labute approximate surface area is 187 Å². The first-order valence-electron chi connectivity index (χ1n) is 10.1. The number of nitro groups is 2. The van der Waals surface area contributed by atoms with Gasteiger partial charge in [-0.1, -0.05) is 36.4 Å². The van der Waals surface area contributed by atoms with Crippen molar-refractivity contribution < 1.29 is 19.0 Å². The van der Waals surface area contributed by atoms with Crippen LogP contribution in [0.25, 0.3) is 0 Å². The average molecular weight is 450 g/mol. The van der Waals surface area contributed by atoms with E-state index < -0.39 is 27.1 Å². The molecule has 3 aromatic rings. The maximum absolute atomic E-state index is 13.9. The number of hydrogen-bond donors (Lipinski definition) is 1. The molecule has 3 aromatic carbocycles. The van der Waals surface area contributed by atoms with Crippen molar-refractivity contribution in [1.82, 2.24) is 10.2 Å². The highest BCUT2D eigenvalue weighted by molar-refractivity contribution is 5.95. The first kappa shape index (κ1) is 22.0. The van der Waals surface area contributed by atoms with E-state index in [2.05, 4.69) is 10.2 Å². The molecule has 1 heterocycles. The second-order valence-corrected chi connectivity index (χ2v) is 7.77. The summed E-state index contributed by atoms with van der Waals surface area (Å²) in [7, 11) is 0. The number of nitrogens with zero attached hydrogens (tertiary/aromatic N) is 3. The van der Waals surface area contributed by atoms with Crippen molar-refractivity contribution in [2.75, 3.05) is 0 Å². The minimum Gasteiger partial charge on any atom is -0.348 e. The molecule has 10 heteroatoms. The third kappa shape index (κ3) is 5.01. The van der Waals surface area contributed by atoms with Crippen molar-refractivity contribution in [1.29, 1.82) is 0 Å². The van der Waals surface area contributed by atoms with E-state index in [9.17, 15) is 29.4 Å². The predicted octanol–water partition coefficient (Wildman–Crippen LogP) is 4.09. The number of nitrogens with one attached hydrogen (secondary N) is 1. The van der Waals surface area contributed by atoms with Gasteiger partial charge in [-0.15, -0.1) is 0 Å². The smallest absolute Gasteiger partial charge is 0.277 e. The average Bonchev–Trinajstić information content (AvgIpc) is 3.20. The fourth-order valence-corrected chi connectivity index (χ4v) is 3.83. The second kappa shape index (κ2) is 9.13. The summed E-state index contributed by atoms with van der Waals surface area (Å²) in [4.78, 5) is 35.1. The number of amides is 1. The summed E-state index contributed by atoms with van der Waals surface area (Å²) in [5.74, 6) is -0.887. The number of carbonyl (C=O) groups is 1. The van der Waals surface area contributed by atoms with Crippen LogP contribution in [0.15, 0.2) is 60.7 Å². The zero-order chi connectivity index (χ0) is 23.5. The lowest BCUT2D eigenvalue weighted by molar-refractivity contribution is -0.394. The molecule has 0 radical (unpaired) electrons. The molecular formula is C23H19FN4O5. The van der Waals surface area contributed by atoms with Gasteiger partial charge in [0.1, 0.15) is 5.82 Å². The number of halogens is 1. The third-order valence-corrected chi connectivity index (χ3v) is 5.45. The summed E-state index contributed by atoms with van der Waals surface area (Å²) >= 11 is 0. The van der Waals surface area contributed by atoms with Gasteiger partial charge < -0.3 is 5.32 Å². The standard InChI is InChI=1S/C23H19FN4O5/c24-22-4-2-1-3-17(22)13-26-12-16-6-5-15(7-19(16)14-26)11-25-23(29)18-8-20(27(30)31)10-21(9-18)28(32)33/h1-10H,11-14H2,(H,25,29). The Kier molecular flexibility index (Phi) is 6.09. The van der Waals surface area contributed by atoms with Gasteiger partial charge in [-0.3, -0.25) is 29.9 Å². The van der Waals surface area contributed by atoms with Gasteiger partial charge in [-0.05, 0) is 22.8 Å². The van der Waals surface area contributed by atoms with E-state index in [1.54, 1.807) is 18.2 Å². The lowest BCUT2D eigenvalue weighted by Gasteiger charge is -2.15. The SMILES string of the molecule is O=C(NCc1ccc2c(c1)CN(Cc1ccccc1F)C2)c1cc([N+](=O)[O-])cc([N+](=O)[O-])c1. The summed E-state index contributed by atoms with van der Waals surface area (Å²) in [5.41, 5.74) is 2.43. The Morgan fingerprint density at radius 2 is 1.61 bits per heavy atom. The van der Waals surface area contributed by atoms with Crippen LogP contribution in [0.3, 0.4) is 0 Å². The monoisotopic (exact) mass is 450 g/mol. The van der Waals surface area contributed by atoms with Crippen molar-refractivity contribution in [3.63, 3.8) is 0 Å². The number of hydrogen-bond acceptors (Lipinski definition) is 6. The van der Waals surface area contributed by atoms with Crippen molar-refractivity contribution in [2.45, 2.75) is 26.2 Å². The molecule has 0 atom stereocenters. The quantitative estimate of drug-likeness (QED) is 0.428. The van der Waals surface area contributed by atoms with E-state index in [0.717, 1.165) is 34.9 Å². The minimum atomic E-state index is -0.780. The number of nitro benzene ring substituents is 2. The van der Waals surface area contributed by atoms with E-state index in [1.165, 1.54) is 6.07 Å². The molecule has 1 amide bonds. The zero-order valence-corrected chi connectivity index (χ0v) is 17.4. The van der Waals surface area contributed by atoms with E-state index in [0.29, 0.717) is 25.2 Å². The summed E-state index contributed by atoms with van der Waals surface area (Å²) in [5, 5.41) is 24.7. The molecular weight excluding hydrogens is 431 g/mol. The normalized spacial score (nSPS) is 12.9. The number of benzene rings is 3. The Morgan fingerprint density at radius 3 is 2.27 bits per heavy atom. The summed E-state index contributed by atoms with van der Waals surface area (Å²) in [6.07, 6.45) is 0. The van der Waals surface area contributed by atoms with Gasteiger partial charge in [0.25, 0.3) is 17.3 Å². The summed E-state index contributed by atoms with van der Waals surface area (Å²) in [6.45, 7) is 1.96. The second-order valence-electron chi connectivity index (χ2n) is 7.77. The fourth-order valence-electron chi connectivity index (χ4n) is 3.83. The van der Waals surface area contributed by atoms with Crippen molar-refractivity contribution in [2.24, 2.45) is 0 Å². The summed E-state index contributed by atoms with van der Waals surface area (Å²) in [6, 6.07) is 15.3. The van der Waals surface area contributed by atoms with Crippen LogP contribution in [-0.2, 0) is 26.2 Å². The number of non-ortho nitro benzene ring substituents is 2. The van der Waals surface area contributed by atoms with Gasteiger partial charge in [-0.25, -0.2) is 4.39 Å². The molecule has 0 unspecified atom stereocenters. The predicted molar refractivity (Wildman–Crippen MR) is 117 cm³/mol. The molecule has 0 spiro atoms. The van der Waals surface area contributed by atoms with Crippen LogP contribution < -0.4 is 5.32 Å². The molecule has 0 bridgehead atoms. The molecule has 1 aliphatic heterocycles. The third-order valence-electron chi connectivity index (χ3n) is 5.45. The molecule has 0 saturated heterocycles. The van der Waals surface area contributed by atoms with Gasteiger partial charge in [0.2, 0.25) is 0 Å². The number of rotatable bonds is 7. The molecule has 9 nitrogen and oxygen atoms in total. The van der Waals surface area contributed by atoms with Crippen LogP contribution in [0.1, 0.15) is 32.6 Å². The van der Waals surface area contributed by atoms with Crippen LogP contribution in [0.2, 0.25) is 0 Å². The minimum absolute atomic E-state index is 0.149. The first-order chi connectivity index (χ1) is 15.8. The van der Waals surface area contributed by atoms with Crippen LogP contribution >= 0.6 is 0 Å². The molecule has 1 N–H and O–H groups in total. The maximum Gasteiger partial charge on any atom is 0.277 e.